The van der Waals surface area contributed by atoms with Crippen molar-refractivity contribution in [3.8, 4) is 11.1 Å². The minimum Gasteiger partial charge on any atom is -0.455 e. The van der Waals surface area contributed by atoms with Gasteiger partial charge in [0.05, 0.1) is 11.1 Å². The Bertz CT molecular complexity index is 2230. The Balaban J connectivity index is 1.36. The second kappa shape index (κ2) is 7.65. The zero-order valence-electron chi connectivity index (χ0n) is 20.9. The number of nitrogens with one attached hydrogen (secondary N) is 1. The van der Waals surface area contributed by atoms with E-state index < -0.39 is 0 Å². The molecule has 5 aromatic carbocycles. The van der Waals surface area contributed by atoms with Crippen molar-refractivity contribution in [3.63, 3.8) is 0 Å². The molecule has 2 aromatic heterocycles. The summed E-state index contributed by atoms with van der Waals surface area (Å²) in [6.07, 6.45) is 10.8. The maximum atomic E-state index is 6.58. The molecular weight excluding hydrogens is 480 g/mol. The Labute approximate surface area is 223 Å². The van der Waals surface area contributed by atoms with Crippen molar-refractivity contribution in [2.75, 3.05) is 0 Å². The molecule has 0 bridgehead atoms. The van der Waals surface area contributed by atoms with E-state index >= 15 is 0 Å². The van der Waals surface area contributed by atoms with Crippen molar-refractivity contribution in [3.05, 3.63) is 127 Å². The van der Waals surface area contributed by atoms with E-state index in [0.717, 1.165) is 60.7 Å². The van der Waals surface area contributed by atoms with Crippen LogP contribution in [0.25, 0.3) is 71.5 Å². The zero-order valence-corrected chi connectivity index (χ0v) is 20.9. The van der Waals surface area contributed by atoms with Gasteiger partial charge in [-0.3, -0.25) is 0 Å². The quantitative estimate of drug-likeness (QED) is 0.256. The summed E-state index contributed by atoms with van der Waals surface area (Å²) >= 11 is 0. The Morgan fingerprint density at radius 2 is 1.26 bits per heavy atom. The molecule has 9 rings (SSSR count). The third-order valence-corrected chi connectivity index (χ3v) is 8.06. The van der Waals surface area contributed by atoms with E-state index in [9.17, 15) is 0 Å². The summed E-state index contributed by atoms with van der Waals surface area (Å²) < 4.78 is 13.0. The molecule has 4 heteroatoms. The molecule has 0 radical (unpaired) electrons. The number of nitrogens with zero attached hydrogens (tertiary/aromatic N) is 1. The SMILES string of the molecule is C1=CC2NC(c3ccc(-c4cc5c6ccccc6oc5c5c4oc4ccccc45)c4ccccc34)=CN2C=C1. The number of furan rings is 2. The van der Waals surface area contributed by atoms with Gasteiger partial charge in [-0.2, -0.15) is 0 Å². The van der Waals surface area contributed by atoms with E-state index in [1.165, 1.54) is 16.3 Å². The van der Waals surface area contributed by atoms with Gasteiger partial charge in [-0.1, -0.05) is 78.9 Å². The van der Waals surface area contributed by atoms with Crippen LogP contribution in [-0.2, 0) is 0 Å². The first-order valence-electron chi connectivity index (χ1n) is 13.2. The molecule has 4 nitrogen and oxygen atoms in total. The maximum absolute atomic E-state index is 6.58. The normalized spacial score (nSPS) is 16.6. The van der Waals surface area contributed by atoms with Gasteiger partial charge in [0.15, 0.2) is 0 Å². The van der Waals surface area contributed by atoms with Gasteiger partial charge >= 0.3 is 0 Å². The first-order chi connectivity index (χ1) is 19.3. The van der Waals surface area contributed by atoms with E-state index in [4.69, 9.17) is 8.83 Å². The predicted molar refractivity (Wildman–Crippen MR) is 159 cm³/mol. The minimum absolute atomic E-state index is 0.149. The van der Waals surface area contributed by atoms with Crippen LogP contribution in [-0.4, -0.2) is 11.1 Å². The van der Waals surface area contributed by atoms with E-state index in [2.05, 4.69) is 108 Å². The van der Waals surface area contributed by atoms with Gasteiger partial charge in [0, 0.05) is 39.7 Å². The van der Waals surface area contributed by atoms with Crippen LogP contribution in [0.15, 0.2) is 130 Å². The van der Waals surface area contributed by atoms with Gasteiger partial charge in [0.1, 0.15) is 28.5 Å². The first-order valence-corrected chi connectivity index (χ1v) is 13.2. The highest BCUT2D eigenvalue weighted by molar-refractivity contribution is 6.26. The van der Waals surface area contributed by atoms with Crippen molar-refractivity contribution in [1.82, 2.24) is 10.2 Å². The summed E-state index contributed by atoms with van der Waals surface area (Å²) in [6, 6.07) is 31.8. The van der Waals surface area contributed by atoms with Crippen LogP contribution in [0.1, 0.15) is 5.56 Å². The predicted octanol–water partition coefficient (Wildman–Crippen LogP) is 8.92. The molecule has 2 aliphatic rings. The van der Waals surface area contributed by atoms with Crippen LogP contribution in [0.4, 0.5) is 0 Å². The average Bonchev–Trinajstić information content (AvgIpc) is 3.69. The van der Waals surface area contributed by atoms with Crippen molar-refractivity contribution >= 4 is 60.3 Å². The van der Waals surface area contributed by atoms with E-state index in [1.807, 2.05) is 24.3 Å². The summed E-state index contributed by atoms with van der Waals surface area (Å²) in [5.41, 5.74) is 7.98. The molecule has 39 heavy (non-hydrogen) atoms. The van der Waals surface area contributed by atoms with Gasteiger partial charge < -0.3 is 19.1 Å². The van der Waals surface area contributed by atoms with Gasteiger partial charge in [-0.25, -0.2) is 0 Å². The highest BCUT2D eigenvalue weighted by Gasteiger charge is 2.25. The van der Waals surface area contributed by atoms with Gasteiger partial charge in [-0.15, -0.1) is 0 Å². The fourth-order valence-corrected chi connectivity index (χ4v) is 6.28. The molecule has 0 saturated carbocycles. The molecule has 0 aliphatic carbocycles. The number of hydrogen-bond acceptors (Lipinski definition) is 4. The Kier molecular flexibility index (Phi) is 4.08. The summed E-state index contributed by atoms with van der Waals surface area (Å²) in [5.74, 6) is 0. The Morgan fingerprint density at radius 1 is 0.590 bits per heavy atom. The number of allylic oxidation sites excluding steroid dienone is 2. The van der Waals surface area contributed by atoms with Crippen LogP contribution < -0.4 is 5.32 Å². The summed E-state index contributed by atoms with van der Waals surface area (Å²) in [5, 5.41) is 10.4. The third-order valence-electron chi connectivity index (χ3n) is 8.06. The van der Waals surface area contributed by atoms with Gasteiger partial charge in [0.25, 0.3) is 0 Å². The third kappa shape index (κ3) is 2.88. The second-order valence-corrected chi connectivity index (χ2v) is 10.2. The summed E-state index contributed by atoms with van der Waals surface area (Å²) in [7, 11) is 0. The lowest BCUT2D eigenvalue weighted by Gasteiger charge is -2.21. The molecule has 0 amide bonds. The Morgan fingerprint density at radius 3 is 2.08 bits per heavy atom. The van der Waals surface area contributed by atoms with Crippen LogP contribution in [0.3, 0.4) is 0 Å². The van der Waals surface area contributed by atoms with E-state index in [-0.39, 0.29) is 6.17 Å². The molecule has 0 saturated heterocycles. The molecule has 1 unspecified atom stereocenters. The molecule has 2 aliphatic heterocycles. The molecule has 4 heterocycles. The van der Waals surface area contributed by atoms with Crippen molar-refractivity contribution < 1.29 is 8.83 Å². The van der Waals surface area contributed by atoms with Crippen LogP contribution in [0, 0.1) is 0 Å². The van der Waals surface area contributed by atoms with E-state index in [0.29, 0.717) is 0 Å². The summed E-state index contributed by atoms with van der Waals surface area (Å²) in [4.78, 5) is 2.20. The standard InChI is InChI=1S/C35H22N2O2/c1-2-10-22-21(9-1)23(16-17-24(22)29-20-37-18-8-7-15-32(37)36-29)27-19-28-25-11-3-5-13-30(25)38-35(28)33-26-12-4-6-14-31(26)39-34(27)33/h1-20,32,36H. The zero-order chi connectivity index (χ0) is 25.5. The number of benzene rings is 5. The van der Waals surface area contributed by atoms with E-state index in [1.54, 1.807) is 0 Å². The summed E-state index contributed by atoms with van der Waals surface area (Å²) in [6.45, 7) is 0. The monoisotopic (exact) mass is 502 g/mol. The first kappa shape index (κ1) is 20.8. The highest BCUT2D eigenvalue weighted by atomic mass is 16.3. The van der Waals surface area contributed by atoms with Crippen molar-refractivity contribution in [2.45, 2.75) is 6.17 Å². The molecule has 1 N–H and O–H groups in total. The molecule has 184 valence electrons. The van der Waals surface area contributed by atoms with Crippen molar-refractivity contribution in [2.24, 2.45) is 0 Å². The minimum atomic E-state index is 0.149. The number of para-hydroxylation sites is 2. The lowest BCUT2D eigenvalue weighted by molar-refractivity contribution is 0.427. The van der Waals surface area contributed by atoms with Crippen LogP contribution in [0.5, 0.6) is 0 Å². The number of rotatable bonds is 2. The molecule has 0 spiro atoms. The van der Waals surface area contributed by atoms with Gasteiger partial charge in [-0.05, 0) is 46.7 Å². The molecule has 7 aromatic rings. The number of fused-ring (bicyclic) bond motifs is 9. The Hall–Kier alpha value is -5.22. The maximum Gasteiger partial charge on any atom is 0.147 e. The van der Waals surface area contributed by atoms with Crippen LogP contribution >= 0.6 is 0 Å². The molecular formula is C35H22N2O2. The fraction of sp³-hybridized carbons (Fsp3) is 0.0286. The average molecular weight is 503 g/mol. The van der Waals surface area contributed by atoms with Gasteiger partial charge in [0.2, 0.25) is 0 Å². The fourth-order valence-electron chi connectivity index (χ4n) is 6.28. The molecule has 1 atom stereocenters. The smallest absolute Gasteiger partial charge is 0.147 e. The largest absolute Gasteiger partial charge is 0.455 e. The lowest BCUT2D eigenvalue weighted by Crippen LogP contribution is -2.31. The second-order valence-electron chi connectivity index (χ2n) is 10.2. The van der Waals surface area contributed by atoms with Crippen molar-refractivity contribution in [1.29, 1.82) is 0 Å². The van der Waals surface area contributed by atoms with Crippen LogP contribution in [0.2, 0.25) is 0 Å². The topological polar surface area (TPSA) is 41.6 Å². The highest BCUT2D eigenvalue weighted by Crippen LogP contribution is 2.46. The number of hydrogen-bond donors (Lipinski definition) is 1. The lowest BCUT2D eigenvalue weighted by atomic mass is 9.92. The molecule has 0 fully saturated rings.